The van der Waals surface area contributed by atoms with Crippen molar-refractivity contribution in [3.05, 3.63) is 41.8 Å². The van der Waals surface area contributed by atoms with Gasteiger partial charge >= 0.3 is 0 Å². The Bertz CT molecular complexity index is 658. The van der Waals surface area contributed by atoms with Crippen LogP contribution < -0.4 is 10.6 Å². The van der Waals surface area contributed by atoms with Crippen molar-refractivity contribution in [3.63, 3.8) is 0 Å². The molecule has 1 aromatic carbocycles. The number of amides is 1. The molecule has 2 aromatic rings. The monoisotopic (exact) mass is 338 g/mol. The summed E-state index contributed by atoms with van der Waals surface area (Å²) in [5.41, 5.74) is 1.81. The molecular formula is C16H20ClFN4O. The second-order valence-corrected chi connectivity index (χ2v) is 5.72. The first kappa shape index (κ1) is 17.4. The number of H-pyrrole nitrogens is 1. The van der Waals surface area contributed by atoms with Crippen molar-refractivity contribution in [3.8, 4) is 11.3 Å². The van der Waals surface area contributed by atoms with E-state index in [-0.39, 0.29) is 30.2 Å². The van der Waals surface area contributed by atoms with Crippen LogP contribution in [-0.4, -0.2) is 35.2 Å². The van der Waals surface area contributed by atoms with Crippen LogP contribution in [0.25, 0.3) is 11.3 Å². The third-order valence-corrected chi connectivity index (χ3v) is 4.11. The van der Waals surface area contributed by atoms with E-state index in [1.165, 1.54) is 12.1 Å². The Hall–Kier alpha value is -1.92. The van der Waals surface area contributed by atoms with Gasteiger partial charge in [0.1, 0.15) is 11.5 Å². The van der Waals surface area contributed by atoms with Crippen LogP contribution in [0.2, 0.25) is 0 Å². The molecule has 0 spiro atoms. The third kappa shape index (κ3) is 4.09. The number of hydrogen-bond acceptors (Lipinski definition) is 3. The van der Waals surface area contributed by atoms with Gasteiger partial charge in [-0.05, 0) is 49.2 Å². The molecular weight excluding hydrogens is 319 g/mol. The summed E-state index contributed by atoms with van der Waals surface area (Å²) in [6, 6.07) is 7.83. The maximum Gasteiger partial charge on any atom is 0.269 e. The van der Waals surface area contributed by atoms with Crippen LogP contribution in [0.1, 0.15) is 23.8 Å². The average molecular weight is 339 g/mol. The first-order chi connectivity index (χ1) is 10.6. The van der Waals surface area contributed by atoms with Crippen molar-refractivity contribution in [1.29, 1.82) is 0 Å². The van der Waals surface area contributed by atoms with E-state index >= 15 is 0 Å². The van der Waals surface area contributed by atoms with E-state index in [4.69, 9.17) is 0 Å². The van der Waals surface area contributed by atoms with Gasteiger partial charge in [0.25, 0.3) is 5.91 Å². The zero-order valence-electron chi connectivity index (χ0n) is 12.8. The molecule has 0 radical (unpaired) electrons. The van der Waals surface area contributed by atoms with E-state index in [9.17, 15) is 9.18 Å². The molecule has 0 aliphatic carbocycles. The minimum absolute atomic E-state index is 0. The predicted molar refractivity (Wildman–Crippen MR) is 89.1 cm³/mol. The second kappa shape index (κ2) is 7.57. The van der Waals surface area contributed by atoms with E-state index in [2.05, 4.69) is 27.8 Å². The van der Waals surface area contributed by atoms with Crippen LogP contribution in [0, 0.1) is 11.7 Å². The minimum Gasteiger partial charge on any atom is -0.346 e. The molecule has 1 amide bonds. The average Bonchev–Trinajstić information content (AvgIpc) is 3.00. The Balaban J connectivity index is 0.00000192. The maximum atomic E-state index is 12.9. The highest BCUT2D eigenvalue weighted by Crippen LogP contribution is 2.18. The van der Waals surface area contributed by atoms with Crippen molar-refractivity contribution in [2.75, 3.05) is 13.1 Å². The number of aromatic amines is 1. The first-order valence-corrected chi connectivity index (χ1v) is 7.46. The van der Waals surface area contributed by atoms with Crippen molar-refractivity contribution >= 4 is 18.3 Å². The normalized spacial score (nSPS) is 20.6. The highest BCUT2D eigenvalue weighted by molar-refractivity contribution is 5.93. The number of carbonyl (C=O) groups is 1. The predicted octanol–water partition coefficient (Wildman–Crippen LogP) is 2.37. The molecule has 2 unspecified atom stereocenters. The number of nitrogens with zero attached hydrogens (tertiary/aromatic N) is 1. The van der Waals surface area contributed by atoms with Gasteiger partial charge in [-0.25, -0.2) is 4.39 Å². The summed E-state index contributed by atoms with van der Waals surface area (Å²) in [6.07, 6.45) is 1.05. The zero-order chi connectivity index (χ0) is 15.5. The van der Waals surface area contributed by atoms with E-state index < -0.39 is 0 Å². The fraction of sp³-hybridized carbons (Fsp3) is 0.375. The molecule has 0 saturated carbocycles. The molecule has 3 rings (SSSR count). The maximum absolute atomic E-state index is 12.9. The summed E-state index contributed by atoms with van der Waals surface area (Å²) in [6.45, 7) is 3.92. The smallest absolute Gasteiger partial charge is 0.269 e. The number of halogens is 2. The Labute approximate surface area is 140 Å². The third-order valence-electron chi connectivity index (χ3n) is 4.11. The Morgan fingerprint density at radius 2 is 2.09 bits per heavy atom. The number of aromatic nitrogens is 2. The molecule has 5 nitrogen and oxygen atoms in total. The van der Waals surface area contributed by atoms with Gasteiger partial charge in [-0.1, -0.05) is 6.92 Å². The van der Waals surface area contributed by atoms with Gasteiger partial charge < -0.3 is 10.6 Å². The molecule has 23 heavy (non-hydrogen) atoms. The molecule has 1 saturated heterocycles. The number of benzene rings is 1. The van der Waals surface area contributed by atoms with E-state index in [0.29, 0.717) is 17.3 Å². The van der Waals surface area contributed by atoms with E-state index in [1.54, 1.807) is 18.2 Å². The van der Waals surface area contributed by atoms with Crippen LogP contribution in [0.3, 0.4) is 0 Å². The number of rotatable bonds is 3. The van der Waals surface area contributed by atoms with Crippen LogP contribution in [-0.2, 0) is 0 Å². The Morgan fingerprint density at radius 3 is 2.78 bits per heavy atom. The number of carbonyl (C=O) groups excluding carboxylic acids is 1. The van der Waals surface area contributed by atoms with Crippen molar-refractivity contribution in [1.82, 2.24) is 20.8 Å². The molecule has 0 bridgehead atoms. The molecule has 1 aromatic heterocycles. The molecule has 1 aliphatic heterocycles. The largest absolute Gasteiger partial charge is 0.346 e. The molecule has 7 heteroatoms. The molecule has 3 N–H and O–H groups in total. The quantitative estimate of drug-likeness (QED) is 0.804. The lowest BCUT2D eigenvalue weighted by Gasteiger charge is -2.29. The fourth-order valence-electron chi connectivity index (χ4n) is 2.64. The second-order valence-electron chi connectivity index (χ2n) is 5.72. The lowest BCUT2D eigenvalue weighted by atomic mass is 9.95. The zero-order valence-corrected chi connectivity index (χ0v) is 13.6. The van der Waals surface area contributed by atoms with Gasteiger partial charge in [0.15, 0.2) is 0 Å². The molecule has 2 heterocycles. The van der Waals surface area contributed by atoms with E-state index in [1.807, 2.05) is 0 Å². The molecule has 124 valence electrons. The summed E-state index contributed by atoms with van der Waals surface area (Å²) in [5, 5.41) is 13.2. The summed E-state index contributed by atoms with van der Waals surface area (Å²) >= 11 is 0. The fourth-order valence-corrected chi connectivity index (χ4v) is 2.64. The van der Waals surface area contributed by atoms with Crippen molar-refractivity contribution < 1.29 is 9.18 Å². The Kier molecular flexibility index (Phi) is 5.74. The standard InChI is InChI=1S/C16H19FN4O.ClH/c1-10-6-7-18-9-15(10)19-16(22)14-8-13(20-21-14)11-2-4-12(17)5-3-11;/h2-5,8,10,15,18H,6-7,9H2,1H3,(H,19,22)(H,20,21);1H. The van der Waals surface area contributed by atoms with Gasteiger partial charge in [0, 0.05) is 18.2 Å². The van der Waals surface area contributed by atoms with Crippen LogP contribution in [0.5, 0.6) is 0 Å². The van der Waals surface area contributed by atoms with E-state index in [0.717, 1.165) is 25.1 Å². The molecule has 1 aliphatic rings. The summed E-state index contributed by atoms with van der Waals surface area (Å²) in [5.74, 6) is -0.0119. The minimum atomic E-state index is -0.295. The summed E-state index contributed by atoms with van der Waals surface area (Å²) in [7, 11) is 0. The highest BCUT2D eigenvalue weighted by Gasteiger charge is 2.23. The summed E-state index contributed by atoms with van der Waals surface area (Å²) < 4.78 is 12.9. The lowest BCUT2D eigenvalue weighted by Crippen LogP contribution is -2.50. The molecule has 1 fully saturated rings. The van der Waals surface area contributed by atoms with Crippen LogP contribution >= 0.6 is 12.4 Å². The van der Waals surface area contributed by atoms with Gasteiger partial charge in [-0.15, -0.1) is 12.4 Å². The lowest BCUT2D eigenvalue weighted by molar-refractivity contribution is 0.0910. The van der Waals surface area contributed by atoms with Gasteiger partial charge in [0.05, 0.1) is 5.69 Å². The van der Waals surface area contributed by atoms with Crippen LogP contribution in [0.15, 0.2) is 30.3 Å². The number of nitrogens with one attached hydrogen (secondary N) is 3. The number of hydrogen-bond donors (Lipinski definition) is 3. The van der Waals surface area contributed by atoms with Gasteiger partial charge in [-0.3, -0.25) is 9.89 Å². The van der Waals surface area contributed by atoms with Crippen molar-refractivity contribution in [2.45, 2.75) is 19.4 Å². The number of piperidine rings is 1. The summed E-state index contributed by atoms with van der Waals surface area (Å²) in [4.78, 5) is 12.3. The topological polar surface area (TPSA) is 69.8 Å². The van der Waals surface area contributed by atoms with Crippen LogP contribution in [0.4, 0.5) is 4.39 Å². The van der Waals surface area contributed by atoms with Gasteiger partial charge in [-0.2, -0.15) is 5.10 Å². The van der Waals surface area contributed by atoms with Gasteiger partial charge in [0.2, 0.25) is 0 Å². The first-order valence-electron chi connectivity index (χ1n) is 7.46. The highest BCUT2D eigenvalue weighted by atomic mass is 35.5. The Morgan fingerprint density at radius 1 is 1.35 bits per heavy atom. The SMILES string of the molecule is CC1CCNCC1NC(=O)c1cc(-c2ccc(F)cc2)n[nH]1.Cl. The molecule has 2 atom stereocenters. The van der Waals surface area contributed by atoms with Crippen molar-refractivity contribution in [2.24, 2.45) is 5.92 Å².